The summed E-state index contributed by atoms with van der Waals surface area (Å²) >= 11 is 2.75. The molecule has 0 saturated heterocycles. The zero-order chi connectivity index (χ0) is 12.3. The van der Waals surface area contributed by atoms with E-state index in [2.05, 4.69) is 15.9 Å². The van der Waals surface area contributed by atoms with Gasteiger partial charge in [0, 0.05) is 6.08 Å². The van der Waals surface area contributed by atoms with Crippen molar-refractivity contribution in [3.63, 3.8) is 0 Å². The van der Waals surface area contributed by atoms with Gasteiger partial charge in [0.05, 0.1) is 10.0 Å². The molecule has 3 nitrogen and oxygen atoms in total. The Bertz CT molecular complexity index is 483. The van der Waals surface area contributed by atoms with Crippen LogP contribution in [0.25, 0.3) is 0 Å². The number of hydrogen-bond acceptors (Lipinski definition) is 2. The van der Waals surface area contributed by atoms with Crippen LogP contribution in [0.3, 0.4) is 0 Å². The van der Waals surface area contributed by atoms with E-state index in [1.54, 1.807) is 0 Å². The Labute approximate surface area is 97.5 Å². The van der Waals surface area contributed by atoms with Crippen LogP contribution in [0.5, 0.6) is 0 Å². The van der Waals surface area contributed by atoms with E-state index in [1.807, 2.05) is 0 Å². The number of ketones is 1. The summed E-state index contributed by atoms with van der Waals surface area (Å²) in [5.41, 5.74) is -0.516. The molecule has 0 fully saturated rings. The fraction of sp³-hybridized carbons (Fsp3) is 0. The van der Waals surface area contributed by atoms with Gasteiger partial charge in [0.1, 0.15) is 11.6 Å². The number of carboxylic acids is 1. The van der Waals surface area contributed by atoms with E-state index >= 15 is 0 Å². The highest BCUT2D eigenvalue weighted by Gasteiger charge is 2.13. The molecule has 1 N–H and O–H groups in total. The van der Waals surface area contributed by atoms with Crippen LogP contribution in [0.4, 0.5) is 8.78 Å². The minimum Gasteiger partial charge on any atom is -0.478 e. The van der Waals surface area contributed by atoms with Gasteiger partial charge in [0.2, 0.25) is 0 Å². The van der Waals surface area contributed by atoms with Crippen molar-refractivity contribution in [2.45, 2.75) is 0 Å². The second kappa shape index (κ2) is 4.98. The monoisotopic (exact) mass is 290 g/mol. The third-order valence-corrected chi connectivity index (χ3v) is 2.26. The van der Waals surface area contributed by atoms with E-state index in [-0.39, 0.29) is 4.47 Å². The van der Waals surface area contributed by atoms with Crippen LogP contribution in [0.2, 0.25) is 0 Å². The molecule has 0 aliphatic heterocycles. The third kappa shape index (κ3) is 2.96. The highest BCUT2D eigenvalue weighted by molar-refractivity contribution is 9.10. The zero-order valence-corrected chi connectivity index (χ0v) is 9.29. The van der Waals surface area contributed by atoms with Gasteiger partial charge in [-0.1, -0.05) is 0 Å². The van der Waals surface area contributed by atoms with Crippen LogP contribution in [-0.4, -0.2) is 16.9 Å². The summed E-state index contributed by atoms with van der Waals surface area (Å²) in [6.07, 6.45) is 1.22. The molecule has 0 bridgehead atoms. The standard InChI is InChI=1S/C10H5BrF2O3/c11-6-4-7(12)5(3-8(6)13)9(14)1-2-10(15)16/h1-4H,(H,15,16). The molecule has 0 aliphatic rings. The highest BCUT2D eigenvalue weighted by atomic mass is 79.9. The smallest absolute Gasteiger partial charge is 0.328 e. The molecule has 0 unspecified atom stereocenters. The Balaban J connectivity index is 3.09. The van der Waals surface area contributed by atoms with Crippen molar-refractivity contribution >= 4 is 27.7 Å². The predicted octanol–water partition coefficient (Wildman–Crippen LogP) is 2.55. The lowest BCUT2D eigenvalue weighted by Crippen LogP contribution is -2.01. The van der Waals surface area contributed by atoms with Crippen LogP contribution in [0.15, 0.2) is 28.8 Å². The number of carbonyl (C=O) groups excluding carboxylic acids is 1. The summed E-state index contributed by atoms with van der Waals surface area (Å²) in [4.78, 5) is 21.4. The SMILES string of the molecule is O=C(O)C=CC(=O)c1cc(F)c(Br)cc1F. The normalized spacial score (nSPS) is 10.7. The topological polar surface area (TPSA) is 54.4 Å². The fourth-order valence-corrected chi connectivity index (χ4v) is 1.26. The van der Waals surface area contributed by atoms with Crippen LogP contribution in [0, 0.1) is 11.6 Å². The molecule has 0 amide bonds. The quantitative estimate of drug-likeness (QED) is 0.529. The molecule has 0 heterocycles. The van der Waals surface area contributed by atoms with Crippen molar-refractivity contribution < 1.29 is 23.5 Å². The highest BCUT2D eigenvalue weighted by Crippen LogP contribution is 2.20. The molecule has 84 valence electrons. The van der Waals surface area contributed by atoms with Crippen molar-refractivity contribution in [3.8, 4) is 0 Å². The fourth-order valence-electron chi connectivity index (χ4n) is 0.948. The number of carboxylic acid groups (broad SMARTS) is 1. The van der Waals surface area contributed by atoms with E-state index in [4.69, 9.17) is 5.11 Å². The molecule has 0 saturated carbocycles. The maximum absolute atomic E-state index is 13.2. The van der Waals surface area contributed by atoms with Gasteiger partial charge in [0.15, 0.2) is 5.78 Å². The molecule has 1 rings (SSSR count). The maximum Gasteiger partial charge on any atom is 0.328 e. The van der Waals surface area contributed by atoms with Crippen molar-refractivity contribution in [1.82, 2.24) is 0 Å². The number of hydrogen-bond donors (Lipinski definition) is 1. The molecule has 1 aromatic rings. The average molecular weight is 291 g/mol. The van der Waals surface area contributed by atoms with Crippen LogP contribution < -0.4 is 0 Å². The summed E-state index contributed by atoms with van der Waals surface area (Å²) in [5, 5.41) is 8.26. The van der Waals surface area contributed by atoms with Crippen molar-refractivity contribution in [2.75, 3.05) is 0 Å². The molecular formula is C10H5BrF2O3. The zero-order valence-electron chi connectivity index (χ0n) is 7.71. The molecule has 0 spiro atoms. The summed E-state index contributed by atoms with van der Waals surface area (Å²) < 4.78 is 26.1. The first kappa shape index (κ1) is 12.5. The van der Waals surface area contributed by atoms with Gasteiger partial charge in [-0.25, -0.2) is 13.6 Å². The van der Waals surface area contributed by atoms with Crippen molar-refractivity contribution in [2.24, 2.45) is 0 Å². The van der Waals surface area contributed by atoms with E-state index < -0.39 is 29.0 Å². The minimum absolute atomic E-state index is 0.108. The average Bonchev–Trinajstić information content (AvgIpc) is 2.20. The molecule has 0 aromatic heterocycles. The predicted molar refractivity (Wildman–Crippen MR) is 55.2 cm³/mol. The van der Waals surface area contributed by atoms with E-state index in [1.165, 1.54) is 0 Å². The number of allylic oxidation sites excluding steroid dienone is 1. The minimum atomic E-state index is -1.34. The number of halogens is 3. The lowest BCUT2D eigenvalue weighted by atomic mass is 10.1. The molecule has 0 aliphatic carbocycles. The van der Waals surface area contributed by atoms with Crippen LogP contribution >= 0.6 is 15.9 Å². The Hall–Kier alpha value is -1.56. The molecule has 0 radical (unpaired) electrons. The number of aliphatic carboxylic acids is 1. The molecule has 0 atom stereocenters. The number of rotatable bonds is 3. The van der Waals surface area contributed by atoms with Crippen LogP contribution in [-0.2, 0) is 4.79 Å². The number of carbonyl (C=O) groups is 2. The van der Waals surface area contributed by atoms with E-state index in [0.29, 0.717) is 18.2 Å². The first-order valence-corrected chi connectivity index (χ1v) is 4.81. The van der Waals surface area contributed by atoms with Crippen LogP contribution in [0.1, 0.15) is 10.4 Å². The largest absolute Gasteiger partial charge is 0.478 e. The van der Waals surface area contributed by atoms with Crippen molar-refractivity contribution in [1.29, 1.82) is 0 Å². The van der Waals surface area contributed by atoms with Gasteiger partial charge < -0.3 is 5.11 Å². The van der Waals surface area contributed by atoms with Crippen molar-refractivity contribution in [3.05, 3.63) is 46.0 Å². The number of benzene rings is 1. The van der Waals surface area contributed by atoms with Gasteiger partial charge >= 0.3 is 5.97 Å². The van der Waals surface area contributed by atoms with E-state index in [0.717, 1.165) is 6.07 Å². The summed E-state index contributed by atoms with van der Waals surface area (Å²) in [5.74, 6) is -3.97. The van der Waals surface area contributed by atoms with Gasteiger partial charge in [-0.05, 0) is 34.1 Å². The Morgan fingerprint density at radius 1 is 1.19 bits per heavy atom. The maximum atomic E-state index is 13.2. The Kier molecular flexibility index (Phi) is 3.89. The summed E-state index contributed by atoms with van der Waals surface area (Å²) in [6, 6.07) is 1.51. The first-order valence-electron chi connectivity index (χ1n) is 4.01. The molecule has 6 heteroatoms. The first-order chi connectivity index (χ1) is 7.41. The molecular weight excluding hydrogens is 286 g/mol. The second-order valence-electron chi connectivity index (χ2n) is 2.78. The second-order valence-corrected chi connectivity index (χ2v) is 3.64. The van der Waals surface area contributed by atoms with Gasteiger partial charge in [-0.15, -0.1) is 0 Å². The van der Waals surface area contributed by atoms with E-state index in [9.17, 15) is 18.4 Å². The lowest BCUT2D eigenvalue weighted by molar-refractivity contribution is -0.131. The Morgan fingerprint density at radius 2 is 1.81 bits per heavy atom. The molecule has 1 aromatic carbocycles. The van der Waals surface area contributed by atoms with Gasteiger partial charge in [-0.3, -0.25) is 4.79 Å². The molecule has 16 heavy (non-hydrogen) atoms. The Morgan fingerprint density at radius 3 is 2.38 bits per heavy atom. The summed E-state index contributed by atoms with van der Waals surface area (Å²) in [6.45, 7) is 0. The third-order valence-electron chi connectivity index (χ3n) is 1.65. The lowest BCUT2D eigenvalue weighted by Gasteiger charge is -2.00. The van der Waals surface area contributed by atoms with Gasteiger partial charge in [-0.2, -0.15) is 0 Å². The van der Waals surface area contributed by atoms with Gasteiger partial charge in [0.25, 0.3) is 0 Å². The summed E-state index contributed by atoms with van der Waals surface area (Å²) in [7, 11) is 0.